The number of carbonyl (C=O) groups excluding carboxylic acids is 1. The lowest BCUT2D eigenvalue weighted by Gasteiger charge is -2.04. The predicted molar refractivity (Wildman–Crippen MR) is 59.3 cm³/mol. The lowest BCUT2D eigenvalue weighted by molar-refractivity contribution is 0.0494. The summed E-state index contributed by atoms with van der Waals surface area (Å²) in [6, 6.07) is 4.27. The summed E-state index contributed by atoms with van der Waals surface area (Å²) in [4.78, 5) is 11.4. The molecule has 0 aliphatic heterocycles. The van der Waals surface area contributed by atoms with Gasteiger partial charge in [0.05, 0.1) is 12.2 Å². The Morgan fingerprint density at radius 1 is 1.53 bits per heavy atom. The monoisotopic (exact) mass is 274 g/mol. The van der Waals surface area contributed by atoms with Gasteiger partial charge in [0.1, 0.15) is 5.82 Å². The minimum atomic E-state index is -0.603. The Labute approximate surface area is 96.6 Å². The van der Waals surface area contributed by atoms with E-state index < -0.39 is 11.8 Å². The molecule has 0 unspecified atom stereocenters. The SMILES string of the molecule is CCCCOC(=O)c1ccc(Br)cc1F. The van der Waals surface area contributed by atoms with Crippen molar-refractivity contribution in [2.24, 2.45) is 0 Å². The Bertz CT molecular complexity index is 352. The largest absolute Gasteiger partial charge is 0.462 e. The van der Waals surface area contributed by atoms with Gasteiger partial charge in [-0.3, -0.25) is 0 Å². The van der Waals surface area contributed by atoms with Crippen molar-refractivity contribution in [1.82, 2.24) is 0 Å². The van der Waals surface area contributed by atoms with Crippen molar-refractivity contribution < 1.29 is 13.9 Å². The molecule has 0 aliphatic carbocycles. The number of benzene rings is 1. The van der Waals surface area contributed by atoms with Crippen LogP contribution in [-0.4, -0.2) is 12.6 Å². The fourth-order valence-corrected chi connectivity index (χ4v) is 1.38. The molecule has 0 atom stereocenters. The van der Waals surface area contributed by atoms with Crippen LogP contribution in [0.2, 0.25) is 0 Å². The smallest absolute Gasteiger partial charge is 0.341 e. The molecule has 15 heavy (non-hydrogen) atoms. The highest BCUT2D eigenvalue weighted by Crippen LogP contribution is 2.16. The van der Waals surface area contributed by atoms with Gasteiger partial charge in [-0.25, -0.2) is 9.18 Å². The first kappa shape index (κ1) is 12.2. The van der Waals surface area contributed by atoms with E-state index in [0.717, 1.165) is 12.8 Å². The number of ether oxygens (including phenoxy) is 1. The van der Waals surface area contributed by atoms with Crippen LogP contribution >= 0.6 is 15.9 Å². The summed E-state index contributed by atoms with van der Waals surface area (Å²) in [5.41, 5.74) is -0.0192. The zero-order valence-corrected chi connectivity index (χ0v) is 10.0. The van der Waals surface area contributed by atoms with Crippen LogP contribution in [-0.2, 0) is 4.74 Å². The summed E-state index contributed by atoms with van der Waals surface area (Å²) < 4.78 is 18.8. The number of hydrogen-bond donors (Lipinski definition) is 0. The second kappa shape index (κ2) is 5.85. The number of unbranched alkanes of at least 4 members (excludes halogenated alkanes) is 1. The van der Waals surface area contributed by atoms with Gasteiger partial charge < -0.3 is 4.74 Å². The van der Waals surface area contributed by atoms with E-state index in [1.807, 2.05) is 6.92 Å². The fourth-order valence-electron chi connectivity index (χ4n) is 1.04. The van der Waals surface area contributed by atoms with Crippen LogP contribution in [0.3, 0.4) is 0 Å². The van der Waals surface area contributed by atoms with Crippen LogP contribution < -0.4 is 0 Å². The first-order chi connectivity index (χ1) is 7.15. The maximum absolute atomic E-state index is 13.3. The van der Waals surface area contributed by atoms with E-state index in [1.165, 1.54) is 12.1 Å². The molecule has 0 radical (unpaired) electrons. The van der Waals surface area contributed by atoms with Crippen molar-refractivity contribution in [3.63, 3.8) is 0 Å². The van der Waals surface area contributed by atoms with Gasteiger partial charge in [-0.15, -0.1) is 0 Å². The van der Waals surface area contributed by atoms with Crippen molar-refractivity contribution in [3.05, 3.63) is 34.1 Å². The van der Waals surface area contributed by atoms with Gasteiger partial charge in [-0.1, -0.05) is 29.3 Å². The standard InChI is InChI=1S/C11H12BrFO2/c1-2-3-6-15-11(14)9-5-4-8(12)7-10(9)13/h4-5,7H,2-3,6H2,1H3. The molecule has 0 N–H and O–H groups in total. The molecule has 4 heteroatoms. The Morgan fingerprint density at radius 2 is 2.27 bits per heavy atom. The molecule has 1 aromatic rings. The first-order valence-corrected chi connectivity index (χ1v) is 5.56. The lowest BCUT2D eigenvalue weighted by Crippen LogP contribution is -2.08. The highest BCUT2D eigenvalue weighted by molar-refractivity contribution is 9.10. The third-order valence-corrected chi connectivity index (χ3v) is 2.38. The van der Waals surface area contributed by atoms with E-state index >= 15 is 0 Å². The molecular weight excluding hydrogens is 263 g/mol. The Kier molecular flexibility index (Phi) is 4.75. The van der Waals surface area contributed by atoms with E-state index in [0.29, 0.717) is 11.1 Å². The first-order valence-electron chi connectivity index (χ1n) is 4.77. The molecule has 0 fully saturated rings. The zero-order chi connectivity index (χ0) is 11.3. The van der Waals surface area contributed by atoms with Crippen LogP contribution in [0.1, 0.15) is 30.1 Å². The van der Waals surface area contributed by atoms with Gasteiger partial charge in [0, 0.05) is 4.47 Å². The molecule has 1 rings (SSSR count). The molecule has 0 spiro atoms. The molecule has 0 aromatic heterocycles. The third kappa shape index (κ3) is 3.63. The Morgan fingerprint density at radius 3 is 2.87 bits per heavy atom. The van der Waals surface area contributed by atoms with Gasteiger partial charge in [0.2, 0.25) is 0 Å². The number of halogens is 2. The lowest BCUT2D eigenvalue weighted by atomic mass is 10.2. The zero-order valence-electron chi connectivity index (χ0n) is 8.43. The highest BCUT2D eigenvalue weighted by atomic mass is 79.9. The maximum atomic E-state index is 13.3. The van der Waals surface area contributed by atoms with Crippen LogP contribution in [0, 0.1) is 5.82 Å². The Hall–Kier alpha value is -0.900. The van der Waals surface area contributed by atoms with Crippen molar-refractivity contribution in [1.29, 1.82) is 0 Å². The van der Waals surface area contributed by atoms with Crippen LogP contribution in [0.4, 0.5) is 4.39 Å². The molecule has 0 aliphatic rings. The summed E-state index contributed by atoms with van der Waals surface area (Å²) in [7, 11) is 0. The quantitative estimate of drug-likeness (QED) is 0.620. The predicted octanol–water partition coefficient (Wildman–Crippen LogP) is 3.55. The average Bonchev–Trinajstić information content (AvgIpc) is 2.17. The second-order valence-electron chi connectivity index (χ2n) is 3.11. The fraction of sp³-hybridized carbons (Fsp3) is 0.364. The summed E-state index contributed by atoms with van der Waals surface area (Å²) in [5, 5.41) is 0. The number of rotatable bonds is 4. The van der Waals surface area contributed by atoms with E-state index in [4.69, 9.17) is 4.74 Å². The van der Waals surface area contributed by atoms with E-state index in [-0.39, 0.29) is 5.56 Å². The summed E-state index contributed by atoms with van der Waals surface area (Å²) in [5.74, 6) is -1.17. The molecular formula is C11H12BrFO2. The van der Waals surface area contributed by atoms with Crippen molar-refractivity contribution in [3.8, 4) is 0 Å². The highest BCUT2D eigenvalue weighted by Gasteiger charge is 2.12. The molecule has 0 heterocycles. The molecule has 2 nitrogen and oxygen atoms in total. The van der Waals surface area contributed by atoms with Gasteiger partial charge in [-0.05, 0) is 24.6 Å². The van der Waals surface area contributed by atoms with Crippen molar-refractivity contribution >= 4 is 21.9 Å². The van der Waals surface area contributed by atoms with Gasteiger partial charge in [-0.2, -0.15) is 0 Å². The summed E-state index contributed by atoms with van der Waals surface area (Å²) in [6.07, 6.45) is 1.74. The third-order valence-electron chi connectivity index (χ3n) is 1.88. The van der Waals surface area contributed by atoms with Gasteiger partial charge in [0.25, 0.3) is 0 Å². The average molecular weight is 275 g/mol. The number of hydrogen-bond acceptors (Lipinski definition) is 2. The molecule has 0 saturated heterocycles. The maximum Gasteiger partial charge on any atom is 0.341 e. The van der Waals surface area contributed by atoms with E-state index in [9.17, 15) is 9.18 Å². The molecule has 0 amide bonds. The molecule has 0 saturated carbocycles. The van der Waals surface area contributed by atoms with Crippen molar-refractivity contribution in [2.75, 3.05) is 6.61 Å². The minimum absolute atomic E-state index is 0.0192. The normalized spacial score (nSPS) is 10.1. The van der Waals surface area contributed by atoms with E-state index in [1.54, 1.807) is 6.07 Å². The van der Waals surface area contributed by atoms with Crippen LogP contribution in [0.15, 0.2) is 22.7 Å². The van der Waals surface area contributed by atoms with Crippen LogP contribution in [0.5, 0.6) is 0 Å². The van der Waals surface area contributed by atoms with Gasteiger partial charge >= 0.3 is 5.97 Å². The summed E-state index contributed by atoms with van der Waals surface area (Å²) >= 11 is 3.12. The minimum Gasteiger partial charge on any atom is -0.462 e. The molecule has 1 aromatic carbocycles. The molecule has 82 valence electrons. The van der Waals surface area contributed by atoms with Crippen molar-refractivity contribution in [2.45, 2.75) is 19.8 Å². The van der Waals surface area contributed by atoms with Gasteiger partial charge in [0.15, 0.2) is 0 Å². The molecule has 0 bridgehead atoms. The van der Waals surface area contributed by atoms with Crippen LogP contribution in [0.25, 0.3) is 0 Å². The topological polar surface area (TPSA) is 26.3 Å². The number of carbonyl (C=O) groups is 1. The Balaban J connectivity index is 2.65. The number of esters is 1. The van der Waals surface area contributed by atoms with E-state index in [2.05, 4.69) is 15.9 Å². The second-order valence-corrected chi connectivity index (χ2v) is 4.03. The summed E-state index contributed by atoms with van der Waals surface area (Å²) in [6.45, 7) is 2.33.